The maximum atomic E-state index is 13.2. The van der Waals surface area contributed by atoms with Crippen molar-refractivity contribution < 1.29 is 23.5 Å². The van der Waals surface area contributed by atoms with Gasteiger partial charge in [0.2, 0.25) is 5.91 Å². The van der Waals surface area contributed by atoms with E-state index in [0.717, 1.165) is 5.69 Å². The van der Waals surface area contributed by atoms with E-state index < -0.39 is 23.9 Å². The number of carbonyl (C=O) groups is 3. The zero-order valence-electron chi connectivity index (χ0n) is 18.3. The monoisotopic (exact) mass is 450 g/mol. The molecule has 33 heavy (non-hydrogen) atoms. The topological polar surface area (TPSA) is 116 Å². The van der Waals surface area contributed by atoms with E-state index in [1.807, 2.05) is 6.92 Å². The summed E-state index contributed by atoms with van der Waals surface area (Å²) in [5.41, 5.74) is 8.76. The van der Waals surface area contributed by atoms with Crippen molar-refractivity contribution in [2.45, 2.75) is 26.9 Å². The number of nitrogens with zero attached hydrogens (tertiary/aromatic N) is 2. The molecule has 0 radical (unpaired) electrons. The molecule has 0 bridgehead atoms. The third kappa shape index (κ3) is 5.70. The summed E-state index contributed by atoms with van der Waals surface area (Å²) in [5.74, 6) is -2.14. The number of nitrogens with two attached hydrogens (primary N) is 1. The Morgan fingerprint density at radius 3 is 2.33 bits per heavy atom. The van der Waals surface area contributed by atoms with Gasteiger partial charge >= 0.3 is 5.97 Å². The molecule has 3 aromatic rings. The predicted octanol–water partition coefficient (Wildman–Crippen LogP) is 3.31. The number of aryl methyl sites for hydroxylation is 1. The van der Waals surface area contributed by atoms with Crippen molar-refractivity contribution in [1.82, 2.24) is 9.78 Å². The van der Waals surface area contributed by atoms with Crippen LogP contribution in [0.1, 0.15) is 34.2 Å². The summed E-state index contributed by atoms with van der Waals surface area (Å²) < 4.78 is 20.0. The zero-order valence-corrected chi connectivity index (χ0v) is 18.3. The van der Waals surface area contributed by atoms with Gasteiger partial charge in [-0.15, -0.1) is 0 Å². The van der Waals surface area contributed by atoms with Gasteiger partial charge in [0.25, 0.3) is 5.91 Å². The summed E-state index contributed by atoms with van der Waals surface area (Å²) in [4.78, 5) is 35.6. The fourth-order valence-electron chi connectivity index (χ4n) is 3.11. The lowest BCUT2D eigenvalue weighted by atomic mass is 10.2. The molecule has 1 heterocycles. The quantitative estimate of drug-likeness (QED) is 0.423. The van der Waals surface area contributed by atoms with Crippen molar-refractivity contribution >= 4 is 29.5 Å². The van der Waals surface area contributed by atoms with Crippen LogP contribution >= 0.6 is 0 Å². The highest BCUT2D eigenvalue weighted by atomic mass is 19.1. The van der Waals surface area contributed by atoms with Gasteiger partial charge in [0.1, 0.15) is 5.82 Å². The van der Waals surface area contributed by atoms with E-state index in [0.29, 0.717) is 28.2 Å². The molecule has 0 aliphatic rings. The molecule has 1 atom stereocenters. The van der Waals surface area contributed by atoms with Crippen LogP contribution in [-0.4, -0.2) is 33.7 Å². The SMILES string of the molecule is Cc1nn(-c2ccc(F)cc2)c(C)c1/C=C/C(=O)OC(C)C(=O)Nc1ccc(C(N)=O)cc1. The Balaban J connectivity index is 1.63. The van der Waals surface area contributed by atoms with Gasteiger partial charge in [-0.25, -0.2) is 13.9 Å². The summed E-state index contributed by atoms with van der Waals surface area (Å²) in [6, 6.07) is 11.9. The first-order chi connectivity index (χ1) is 15.7. The Morgan fingerprint density at radius 2 is 1.73 bits per heavy atom. The van der Waals surface area contributed by atoms with E-state index in [2.05, 4.69) is 10.4 Å². The minimum absolute atomic E-state index is 0.311. The minimum atomic E-state index is -1.05. The van der Waals surface area contributed by atoms with Crippen LogP contribution in [0, 0.1) is 19.7 Å². The molecule has 2 amide bonds. The summed E-state index contributed by atoms with van der Waals surface area (Å²) in [6.45, 7) is 5.06. The van der Waals surface area contributed by atoms with E-state index in [4.69, 9.17) is 10.5 Å². The molecule has 0 saturated heterocycles. The number of esters is 1. The maximum Gasteiger partial charge on any atom is 0.331 e. The molecule has 0 aliphatic heterocycles. The second-order valence-electron chi connectivity index (χ2n) is 7.32. The van der Waals surface area contributed by atoms with E-state index >= 15 is 0 Å². The number of rotatable bonds is 7. The molecule has 8 nitrogen and oxygen atoms in total. The Hall–Kier alpha value is -4.27. The summed E-state index contributed by atoms with van der Waals surface area (Å²) >= 11 is 0. The van der Waals surface area contributed by atoms with Crippen LogP contribution in [-0.2, 0) is 14.3 Å². The molecule has 0 fully saturated rings. The maximum absolute atomic E-state index is 13.2. The number of primary amides is 1. The number of carbonyl (C=O) groups excluding carboxylic acids is 3. The molecule has 1 unspecified atom stereocenters. The van der Waals surface area contributed by atoms with Crippen LogP contribution in [0.4, 0.5) is 10.1 Å². The van der Waals surface area contributed by atoms with Crippen molar-refractivity contribution in [3.8, 4) is 5.69 Å². The van der Waals surface area contributed by atoms with Gasteiger partial charge in [-0.1, -0.05) is 0 Å². The number of halogens is 1. The number of hydrogen-bond donors (Lipinski definition) is 2. The molecule has 0 saturated carbocycles. The summed E-state index contributed by atoms with van der Waals surface area (Å²) in [6.07, 6.45) is 1.73. The standard InChI is InChI=1S/C24H23FN4O4/c1-14-21(15(2)29(28-14)20-10-6-18(25)7-11-20)12-13-22(30)33-16(3)24(32)27-19-8-4-17(5-9-19)23(26)31/h4-13,16H,1-3H3,(H2,26,31)(H,27,32)/b13-12+. The lowest BCUT2D eigenvalue weighted by Gasteiger charge is -2.12. The first-order valence-corrected chi connectivity index (χ1v) is 10.1. The minimum Gasteiger partial charge on any atom is -0.449 e. The van der Waals surface area contributed by atoms with Crippen LogP contribution < -0.4 is 11.1 Å². The number of anilines is 1. The highest BCUT2D eigenvalue weighted by Gasteiger charge is 2.17. The Kier molecular flexibility index (Phi) is 7.02. The number of nitrogens with one attached hydrogen (secondary N) is 1. The first-order valence-electron chi connectivity index (χ1n) is 10.1. The molecule has 3 N–H and O–H groups in total. The summed E-state index contributed by atoms with van der Waals surface area (Å²) in [5, 5.41) is 7.04. The van der Waals surface area contributed by atoms with E-state index in [1.165, 1.54) is 49.4 Å². The van der Waals surface area contributed by atoms with E-state index in [1.54, 1.807) is 29.8 Å². The number of ether oxygens (including phenoxy) is 1. The smallest absolute Gasteiger partial charge is 0.331 e. The first kappa shape index (κ1) is 23.4. The number of amides is 2. The van der Waals surface area contributed by atoms with Gasteiger partial charge in [0.05, 0.1) is 11.4 Å². The molecule has 1 aromatic heterocycles. The second-order valence-corrected chi connectivity index (χ2v) is 7.32. The van der Waals surface area contributed by atoms with E-state index in [-0.39, 0.29) is 5.82 Å². The molecule has 0 aliphatic carbocycles. The van der Waals surface area contributed by atoms with Gasteiger partial charge in [-0.2, -0.15) is 5.10 Å². The van der Waals surface area contributed by atoms with Crippen molar-refractivity contribution in [1.29, 1.82) is 0 Å². The van der Waals surface area contributed by atoms with Crippen LogP contribution in [0.2, 0.25) is 0 Å². The normalized spacial score (nSPS) is 11.9. The highest BCUT2D eigenvalue weighted by molar-refractivity contribution is 5.97. The molecular formula is C24H23FN4O4. The lowest BCUT2D eigenvalue weighted by molar-refractivity contribution is -0.148. The molecule has 9 heteroatoms. The Labute approximate surface area is 189 Å². The molecule has 0 spiro atoms. The van der Waals surface area contributed by atoms with Gasteiger partial charge in [0.15, 0.2) is 6.10 Å². The number of hydrogen-bond acceptors (Lipinski definition) is 5. The third-order valence-electron chi connectivity index (χ3n) is 4.90. The zero-order chi connectivity index (χ0) is 24.1. The number of benzene rings is 2. The summed E-state index contributed by atoms with van der Waals surface area (Å²) in [7, 11) is 0. The van der Waals surface area contributed by atoms with Crippen molar-refractivity contribution in [2.24, 2.45) is 5.73 Å². The number of aromatic nitrogens is 2. The Morgan fingerprint density at radius 1 is 1.09 bits per heavy atom. The van der Waals surface area contributed by atoms with Crippen LogP contribution in [0.3, 0.4) is 0 Å². The second kappa shape index (κ2) is 9.90. The van der Waals surface area contributed by atoms with Crippen LogP contribution in [0.5, 0.6) is 0 Å². The fraction of sp³-hybridized carbons (Fsp3) is 0.167. The lowest BCUT2D eigenvalue weighted by Crippen LogP contribution is -2.29. The van der Waals surface area contributed by atoms with Gasteiger partial charge in [-0.3, -0.25) is 9.59 Å². The molecule has 2 aromatic carbocycles. The molecular weight excluding hydrogens is 427 g/mol. The van der Waals surface area contributed by atoms with E-state index in [9.17, 15) is 18.8 Å². The predicted molar refractivity (Wildman–Crippen MR) is 121 cm³/mol. The fourth-order valence-corrected chi connectivity index (χ4v) is 3.11. The van der Waals surface area contributed by atoms with Crippen molar-refractivity contribution in [3.63, 3.8) is 0 Å². The Bertz CT molecular complexity index is 1210. The molecule has 3 rings (SSSR count). The largest absolute Gasteiger partial charge is 0.449 e. The third-order valence-corrected chi connectivity index (χ3v) is 4.90. The highest BCUT2D eigenvalue weighted by Crippen LogP contribution is 2.20. The average Bonchev–Trinajstić information content (AvgIpc) is 3.06. The van der Waals surface area contributed by atoms with Crippen LogP contribution in [0.15, 0.2) is 54.6 Å². The average molecular weight is 450 g/mol. The van der Waals surface area contributed by atoms with Gasteiger partial charge in [0, 0.05) is 28.6 Å². The van der Waals surface area contributed by atoms with Gasteiger partial charge in [-0.05, 0) is 75.4 Å². The van der Waals surface area contributed by atoms with Crippen LogP contribution in [0.25, 0.3) is 11.8 Å². The van der Waals surface area contributed by atoms with Crippen molar-refractivity contribution in [2.75, 3.05) is 5.32 Å². The molecule has 170 valence electrons. The van der Waals surface area contributed by atoms with Gasteiger partial charge < -0.3 is 15.8 Å². The van der Waals surface area contributed by atoms with Crippen molar-refractivity contribution in [3.05, 3.63) is 82.9 Å².